The molecule has 0 atom stereocenters. The third kappa shape index (κ3) is 6.89. The summed E-state index contributed by atoms with van der Waals surface area (Å²) < 4.78 is 6.83. The number of ketones is 1. The minimum atomic E-state index is -0.323. The van der Waals surface area contributed by atoms with Crippen LogP contribution in [0.1, 0.15) is 66.0 Å². The van der Waals surface area contributed by atoms with E-state index in [1.54, 1.807) is 24.2 Å². The molecule has 176 valence electrons. The van der Waals surface area contributed by atoms with Crippen LogP contribution in [0.3, 0.4) is 0 Å². The highest BCUT2D eigenvalue weighted by atomic mass is 32.2. The first-order valence-corrected chi connectivity index (χ1v) is 12.8. The maximum absolute atomic E-state index is 12.7. The van der Waals surface area contributed by atoms with Gasteiger partial charge in [-0.15, -0.1) is 11.8 Å². The molecule has 0 unspecified atom stereocenters. The Labute approximate surface area is 198 Å². The summed E-state index contributed by atoms with van der Waals surface area (Å²) in [6.45, 7) is 14.1. The number of hydrogen-bond donors (Lipinski definition) is 1. The zero-order valence-corrected chi connectivity index (χ0v) is 21.5. The number of rotatable bonds is 7. The topological polar surface area (TPSA) is 88.3 Å². The van der Waals surface area contributed by atoms with Gasteiger partial charge in [-0.05, 0) is 25.9 Å². The van der Waals surface area contributed by atoms with Crippen molar-refractivity contribution in [2.75, 3.05) is 25.0 Å². The minimum Gasteiger partial charge on any atom is -0.444 e. The molecule has 1 N–H and O–H groups in total. The van der Waals surface area contributed by atoms with Crippen molar-refractivity contribution in [2.24, 2.45) is 11.3 Å². The molecule has 2 aromatic rings. The van der Waals surface area contributed by atoms with Crippen LogP contribution in [0.5, 0.6) is 0 Å². The first kappa shape index (κ1) is 24.9. The van der Waals surface area contributed by atoms with Gasteiger partial charge >= 0.3 is 0 Å². The smallest absolute Gasteiger partial charge is 0.229 e. The van der Waals surface area contributed by atoms with Gasteiger partial charge in [0.25, 0.3) is 0 Å². The lowest BCUT2D eigenvalue weighted by Crippen LogP contribution is -2.42. The van der Waals surface area contributed by atoms with Gasteiger partial charge in [0.05, 0.1) is 28.9 Å². The second kappa shape index (κ2) is 10.1. The quantitative estimate of drug-likeness (QED) is 0.561. The molecule has 32 heavy (non-hydrogen) atoms. The number of nitrogens with one attached hydrogen (secondary N) is 1. The Morgan fingerprint density at radius 3 is 2.44 bits per heavy atom. The number of nitrogens with zero attached hydrogens (tertiary/aromatic N) is 3. The van der Waals surface area contributed by atoms with Crippen LogP contribution in [0, 0.1) is 11.3 Å². The average Bonchev–Trinajstić information content (AvgIpc) is 3.35. The van der Waals surface area contributed by atoms with Crippen molar-refractivity contribution in [3.8, 4) is 0 Å². The molecule has 9 heteroatoms. The van der Waals surface area contributed by atoms with Crippen molar-refractivity contribution in [3.05, 3.63) is 24.0 Å². The van der Waals surface area contributed by atoms with E-state index < -0.39 is 0 Å². The molecule has 0 aliphatic carbocycles. The Hall–Kier alpha value is -1.71. The van der Waals surface area contributed by atoms with E-state index in [0.29, 0.717) is 23.3 Å². The molecule has 1 aliphatic heterocycles. The zero-order chi connectivity index (χ0) is 23.5. The molecule has 7 nitrogen and oxygen atoms in total. The zero-order valence-electron chi connectivity index (χ0n) is 19.9. The van der Waals surface area contributed by atoms with Crippen molar-refractivity contribution < 1.29 is 14.0 Å². The van der Waals surface area contributed by atoms with E-state index >= 15 is 0 Å². The van der Waals surface area contributed by atoms with Gasteiger partial charge in [-0.1, -0.05) is 52.9 Å². The summed E-state index contributed by atoms with van der Waals surface area (Å²) in [5.41, 5.74) is -0.382. The number of hydrogen-bond acceptors (Lipinski definition) is 8. The van der Waals surface area contributed by atoms with Gasteiger partial charge in [0, 0.05) is 16.7 Å². The van der Waals surface area contributed by atoms with E-state index in [-0.39, 0.29) is 28.4 Å². The highest BCUT2D eigenvalue weighted by molar-refractivity contribution is 8.00. The lowest BCUT2D eigenvalue weighted by molar-refractivity contribution is -0.128. The molecular weight excluding hydrogens is 444 g/mol. The number of carbonyl (C=O) groups is 2. The molecule has 1 aliphatic rings. The predicted octanol–water partition coefficient (Wildman–Crippen LogP) is 4.99. The Kier molecular flexibility index (Phi) is 7.83. The van der Waals surface area contributed by atoms with Gasteiger partial charge in [-0.25, -0.2) is 9.97 Å². The molecule has 3 heterocycles. The first-order chi connectivity index (χ1) is 14.9. The number of piperidine rings is 1. The molecule has 0 saturated carbocycles. The van der Waals surface area contributed by atoms with E-state index in [9.17, 15) is 9.59 Å². The summed E-state index contributed by atoms with van der Waals surface area (Å²) in [6.07, 6.45) is 5.09. The van der Waals surface area contributed by atoms with Crippen LogP contribution in [0.25, 0.3) is 0 Å². The van der Waals surface area contributed by atoms with Crippen LogP contribution in [0.15, 0.2) is 21.0 Å². The largest absolute Gasteiger partial charge is 0.444 e. The van der Waals surface area contributed by atoms with Crippen molar-refractivity contribution >= 4 is 39.9 Å². The van der Waals surface area contributed by atoms with E-state index in [0.717, 1.165) is 35.9 Å². The monoisotopic (exact) mass is 478 g/mol. The first-order valence-electron chi connectivity index (χ1n) is 11.0. The number of thiazole rings is 1. The fourth-order valence-electron chi connectivity index (χ4n) is 3.24. The summed E-state index contributed by atoms with van der Waals surface area (Å²) >= 11 is 3.06. The highest BCUT2D eigenvalue weighted by Gasteiger charge is 2.29. The van der Waals surface area contributed by atoms with Crippen molar-refractivity contribution in [1.29, 1.82) is 0 Å². The van der Waals surface area contributed by atoms with Crippen LogP contribution >= 0.6 is 23.1 Å². The Morgan fingerprint density at radius 2 is 1.84 bits per heavy atom. The second-order valence-corrected chi connectivity index (χ2v) is 12.7. The molecule has 1 amide bonds. The van der Waals surface area contributed by atoms with Crippen LogP contribution in [-0.4, -0.2) is 46.2 Å². The summed E-state index contributed by atoms with van der Waals surface area (Å²) in [7, 11) is 0. The maximum atomic E-state index is 12.7. The molecule has 3 rings (SSSR count). The number of thioether (sulfide) groups is 1. The molecule has 2 aromatic heterocycles. The Morgan fingerprint density at radius 1 is 1.16 bits per heavy atom. The number of anilines is 1. The maximum Gasteiger partial charge on any atom is 0.229 e. The molecule has 1 saturated heterocycles. The number of oxazole rings is 1. The van der Waals surface area contributed by atoms with Crippen molar-refractivity contribution in [1.82, 2.24) is 14.9 Å². The normalized spacial score (nSPS) is 16.3. The average molecular weight is 479 g/mol. The van der Waals surface area contributed by atoms with Gasteiger partial charge < -0.3 is 9.73 Å². The van der Waals surface area contributed by atoms with E-state index in [1.165, 1.54) is 11.3 Å². The van der Waals surface area contributed by atoms with E-state index in [1.807, 2.05) is 20.8 Å². The summed E-state index contributed by atoms with van der Waals surface area (Å²) in [5.74, 6) is 2.40. The van der Waals surface area contributed by atoms with E-state index in [4.69, 9.17) is 4.42 Å². The summed E-state index contributed by atoms with van der Waals surface area (Å²) in [4.78, 5) is 35.8. The molecular formula is C23H34N4O3S2. The second-order valence-electron chi connectivity index (χ2n) is 10.4. The predicted molar refractivity (Wildman–Crippen MR) is 129 cm³/mol. The third-order valence-electron chi connectivity index (χ3n) is 5.51. The summed E-state index contributed by atoms with van der Waals surface area (Å²) in [6, 6.07) is 0. The van der Waals surface area contributed by atoms with Crippen LogP contribution in [-0.2, 0) is 20.8 Å². The van der Waals surface area contributed by atoms with Crippen LogP contribution < -0.4 is 5.32 Å². The lowest BCUT2D eigenvalue weighted by atomic mass is 9.89. The van der Waals surface area contributed by atoms with Gasteiger partial charge in [0.15, 0.2) is 10.9 Å². The fraction of sp³-hybridized carbons (Fsp3) is 0.652. The van der Waals surface area contributed by atoms with Crippen LogP contribution in [0.4, 0.5) is 5.13 Å². The molecule has 0 bridgehead atoms. The number of carbonyl (C=O) groups excluding carboxylic acids is 2. The van der Waals surface area contributed by atoms with E-state index in [2.05, 4.69) is 41.0 Å². The lowest BCUT2D eigenvalue weighted by Gasteiger charge is -2.32. The van der Waals surface area contributed by atoms with Crippen molar-refractivity contribution in [2.45, 2.75) is 69.8 Å². The number of aromatic nitrogens is 2. The standard InChI is InChI=1S/C23H34N4O3S2/c1-22(2,3)16(28)13-27-9-7-15(8-10-27)20(29)26-21-25-12-19(32-21)31-14-18-24-11-17(30-18)23(4,5)6/h11-12,15H,7-10,13-14H2,1-6H3,(H,25,26,29). The van der Waals surface area contributed by atoms with Gasteiger partial charge in [0.2, 0.25) is 11.8 Å². The number of likely N-dealkylation sites (tertiary alicyclic amines) is 1. The van der Waals surface area contributed by atoms with Gasteiger partial charge in [-0.3, -0.25) is 14.5 Å². The Balaban J connectivity index is 1.44. The van der Waals surface area contributed by atoms with Crippen LogP contribution in [0.2, 0.25) is 0 Å². The molecule has 0 radical (unpaired) electrons. The fourth-order valence-corrected chi connectivity index (χ4v) is 4.97. The number of amides is 1. The summed E-state index contributed by atoms with van der Waals surface area (Å²) in [5, 5.41) is 3.58. The Bertz CT molecular complexity index is 932. The molecule has 0 aromatic carbocycles. The van der Waals surface area contributed by atoms with Crippen molar-refractivity contribution in [3.63, 3.8) is 0 Å². The third-order valence-corrected chi connectivity index (χ3v) is 7.60. The van der Waals surface area contributed by atoms with Gasteiger partial charge in [0.1, 0.15) is 5.76 Å². The van der Waals surface area contributed by atoms with Gasteiger partial charge in [-0.2, -0.15) is 0 Å². The minimum absolute atomic E-state index is 0.0141. The molecule has 0 spiro atoms. The molecule has 1 fully saturated rings. The number of Topliss-reactive ketones (excluding diaryl/α,β-unsaturated/α-hetero) is 1. The highest BCUT2D eigenvalue weighted by Crippen LogP contribution is 2.32. The SMILES string of the molecule is CC(C)(C)C(=O)CN1CCC(C(=O)Nc2ncc(SCc3ncc(C(C)(C)C)o3)s2)CC1.